The van der Waals surface area contributed by atoms with Crippen LogP contribution in [0.4, 0.5) is 0 Å². The van der Waals surface area contributed by atoms with Crippen LogP contribution in [0, 0.1) is 13.8 Å². The van der Waals surface area contributed by atoms with Crippen LogP contribution in [0.1, 0.15) is 21.6 Å². The van der Waals surface area contributed by atoms with Gasteiger partial charge in [0.1, 0.15) is 11.4 Å². The van der Waals surface area contributed by atoms with Crippen LogP contribution in [0.3, 0.4) is 0 Å². The largest absolute Gasteiger partial charge is 0.496 e. The van der Waals surface area contributed by atoms with Gasteiger partial charge in [-0.15, -0.1) is 0 Å². The Balaban J connectivity index is 2.89. The molecule has 0 atom stereocenters. The van der Waals surface area contributed by atoms with E-state index in [1.807, 2.05) is 19.1 Å². The third-order valence-electron chi connectivity index (χ3n) is 2.81. The van der Waals surface area contributed by atoms with E-state index in [2.05, 4.69) is 4.98 Å². The fraction of sp³-hybridized carbons (Fsp3) is 0.250. The molecule has 4 nitrogen and oxygen atoms in total. The maximum absolute atomic E-state index is 11.0. The lowest BCUT2D eigenvalue weighted by molar-refractivity contribution is 0.0691. The number of aryl methyl sites for hydroxylation is 2. The smallest absolute Gasteiger partial charge is 0.352 e. The number of benzene rings is 1. The van der Waals surface area contributed by atoms with Gasteiger partial charge < -0.3 is 14.8 Å². The monoisotopic (exact) mass is 219 g/mol. The molecule has 2 rings (SSSR count). The molecular weight excluding hydrogens is 206 g/mol. The zero-order chi connectivity index (χ0) is 11.9. The molecule has 0 amide bonds. The molecule has 0 spiro atoms. The van der Waals surface area contributed by atoms with Crippen molar-refractivity contribution in [1.29, 1.82) is 0 Å². The summed E-state index contributed by atoms with van der Waals surface area (Å²) in [6, 6.07) is 3.76. The van der Waals surface area contributed by atoms with Crippen molar-refractivity contribution in [2.45, 2.75) is 13.8 Å². The van der Waals surface area contributed by atoms with Crippen molar-refractivity contribution < 1.29 is 14.6 Å². The number of aromatic nitrogens is 1. The zero-order valence-electron chi connectivity index (χ0n) is 9.42. The van der Waals surface area contributed by atoms with Gasteiger partial charge in [-0.05, 0) is 31.0 Å². The summed E-state index contributed by atoms with van der Waals surface area (Å²) >= 11 is 0. The third kappa shape index (κ3) is 1.34. The minimum absolute atomic E-state index is 0.225. The lowest BCUT2D eigenvalue weighted by Gasteiger charge is -2.04. The van der Waals surface area contributed by atoms with Gasteiger partial charge in [-0.25, -0.2) is 4.79 Å². The van der Waals surface area contributed by atoms with E-state index in [4.69, 9.17) is 9.84 Å². The van der Waals surface area contributed by atoms with E-state index in [1.54, 1.807) is 14.0 Å². The van der Waals surface area contributed by atoms with Crippen molar-refractivity contribution in [2.75, 3.05) is 7.11 Å². The van der Waals surface area contributed by atoms with E-state index < -0.39 is 5.97 Å². The number of aromatic amines is 1. The number of methoxy groups -OCH3 is 1. The number of carboxylic acids is 1. The molecule has 0 saturated carbocycles. The number of nitrogens with one attached hydrogen (secondary N) is 1. The molecule has 2 N–H and O–H groups in total. The molecule has 16 heavy (non-hydrogen) atoms. The molecule has 0 saturated heterocycles. The average molecular weight is 219 g/mol. The molecule has 0 unspecified atom stereocenters. The predicted octanol–water partition coefficient (Wildman–Crippen LogP) is 2.49. The normalized spacial score (nSPS) is 10.7. The molecule has 2 aromatic rings. The first kappa shape index (κ1) is 10.5. The van der Waals surface area contributed by atoms with Crippen molar-refractivity contribution in [3.63, 3.8) is 0 Å². The van der Waals surface area contributed by atoms with Gasteiger partial charge in [-0.3, -0.25) is 0 Å². The van der Waals surface area contributed by atoms with Crippen LogP contribution >= 0.6 is 0 Å². The lowest BCUT2D eigenvalue weighted by atomic mass is 10.1. The molecule has 1 heterocycles. The first-order chi connectivity index (χ1) is 7.56. The highest BCUT2D eigenvalue weighted by molar-refractivity contribution is 6.00. The van der Waals surface area contributed by atoms with Crippen molar-refractivity contribution in [2.24, 2.45) is 0 Å². The highest BCUT2D eigenvalue weighted by atomic mass is 16.5. The molecule has 84 valence electrons. The standard InChI is InChI=1S/C12H13NO3/c1-6-4-5-8(16-3)9-7(2)11(12(14)15)13-10(6)9/h4-5,13H,1-3H3,(H,14,15). The summed E-state index contributed by atoms with van der Waals surface area (Å²) in [5.74, 6) is -0.253. The molecule has 0 aliphatic rings. The average Bonchev–Trinajstić information content (AvgIpc) is 2.59. The van der Waals surface area contributed by atoms with Gasteiger partial charge in [0.25, 0.3) is 0 Å². The van der Waals surface area contributed by atoms with Crippen LogP contribution in [0.25, 0.3) is 10.9 Å². The maximum Gasteiger partial charge on any atom is 0.352 e. The molecule has 0 aliphatic carbocycles. The summed E-state index contributed by atoms with van der Waals surface area (Å²) in [5, 5.41) is 9.90. The zero-order valence-corrected chi connectivity index (χ0v) is 9.42. The molecule has 0 bridgehead atoms. The number of carbonyl (C=O) groups is 1. The van der Waals surface area contributed by atoms with Crippen molar-refractivity contribution in [3.05, 3.63) is 29.0 Å². The SMILES string of the molecule is COc1ccc(C)c2[nH]c(C(=O)O)c(C)c12. The number of H-pyrrole nitrogens is 1. The Kier molecular flexibility index (Phi) is 2.34. The Labute approximate surface area is 92.9 Å². The fourth-order valence-corrected chi connectivity index (χ4v) is 1.95. The topological polar surface area (TPSA) is 62.3 Å². The Bertz CT molecular complexity index is 569. The molecule has 1 aromatic heterocycles. The van der Waals surface area contributed by atoms with Gasteiger partial charge in [0, 0.05) is 5.39 Å². The molecule has 0 radical (unpaired) electrons. The predicted molar refractivity (Wildman–Crippen MR) is 61.3 cm³/mol. The van der Waals surface area contributed by atoms with E-state index in [-0.39, 0.29) is 5.69 Å². The van der Waals surface area contributed by atoms with Crippen LogP contribution in [0.2, 0.25) is 0 Å². The number of carboxylic acid groups (broad SMARTS) is 1. The number of aromatic carboxylic acids is 1. The van der Waals surface area contributed by atoms with E-state index in [1.165, 1.54) is 0 Å². The summed E-state index contributed by atoms with van der Waals surface area (Å²) in [7, 11) is 1.58. The second-order valence-corrected chi connectivity index (χ2v) is 3.76. The molecule has 0 aliphatic heterocycles. The summed E-state index contributed by atoms with van der Waals surface area (Å²) in [6.45, 7) is 3.72. The second kappa shape index (κ2) is 3.56. The quantitative estimate of drug-likeness (QED) is 0.815. The van der Waals surface area contributed by atoms with E-state index in [0.717, 1.165) is 16.5 Å². The molecule has 1 aromatic carbocycles. The van der Waals surface area contributed by atoms with Crippen LogP contribution in [-0.4, -0.2) is 23.2 Å². The first-order valence-corrected chi connectivity index (χ1v) is 4.95. The summed E-state index contributed by atoms with van der Waals surface area (Å²) < 4.78 is 5.24. The van der Waals surface area contributed by atoms with Crippen molar-refractivity contribution >= 4 is 16.9 Å². The molecular formula is C12H13NO3. The van der Waals surface area contributed by atoms with Gasteiger partial charge in [-0.2, -0.15) is 0 Å². The Hall–Kier alpha value is -1.97. The Morgan fingerprint density at radius 2 is 2.06 bits per heavy atom. The summed E-state index contributed by atoms with van der Waals surface area (Å²) in [6.07, 6.45) is 0. The first-order valence-electron chi connectivity index (χ1n) is 4.95. The van der Waals surface area contributed by atoms with Gasteiger partial charge in [-0.1, -0.05) is 6.07 Å². The van der Waals surface area contributed by atoms with Crippen LogP contribution in [-0.2, 0) is 0 Å². The Morgan fingerprint density at radius 1 is 1.38 bits per heavy atom. The summed E-state index contributed by atoms with van der Waals surface area (Å²) in [4.78, 5) is 14.0. The van der Waals surface area contributed by atoms with Gasteiger partial charge in [0.15, 0.2) is 0 Å². The van der Waals surface area contributed by atoms with Crippen LogP contribution in [0.5, 0.6) is 5.75 Å². The number of ether oxygens (including phenoxy) is 1. The summed E-state index contributed by atoms with van der Waals surface area (Å²) in [5.41, 5.74) is 2.77. The van der Waals surface area contributed by atoms with E-state index in [0.29, 0.717) is 11.3 Å². The number of rotatable bonds is 2. The molecule has 4 heteroatoms. The van der Waals surface area contributed by atoms with Gasteiger partial charge in [0.05, 0.1) is 12.6 Å². The number of fused-ring (bicyclic) bond motifs is 1. The minimum Gasteiger partial charge on any atom is -0.496 e. The maximum atomic E-state index is 11.0. The lowest BCUT2D eigenvalue weighted by Crippen LogP contribution is -1.98. The number of hydrogen-bond donors (Lipinski definition) is 2. The Morgan fingerprint density at radius 3 is 2.62 bits per heavy atom. The second-order valence-electron chi connectivity index (χ2n) is 3.76. The fourth-order valence-electron chi connectivity index (χ4n) is 1.95. The van der Waals surface area contributed by atoms with Crippen molar-refractivity contribution in [3.8, 4) is 5.75 Å². The van der Waals surface area contributed by atoms with Crippen LogP contribution in [0.15, 0.2) is 12.1 Å². The number of hydrogen-bond acceptors (Lipinski definition) is 2. The van der Waals surface area contributed by atoms with Crippen LogP contribution < -0.4 is 4.74 Å². The van der Waals surface area contributed by atoms with E-state index in [9.17, 15) is 4.79 Å². The minimum atomic E-state index is -0.949. The van der Waals surface area contributed by atoms with Gasteiger partial charge in [0.2, 0.25) is 0 Å². The third-order valence-corrected chi connectivity index (χ3v) is 2.81. The van der Waals surface area contributed by atoms with Crippen molar-refractivity contribution in [1.82, 2.24) is 4.98 Å². The highest BCUT2D eigenvalue weighted by Crippen LogP contribution is 2.32. The molecule has 0 fully saturated rings. The highest BCUT2D eigenvalue weighted by Gasteiger charge is 2.17. The van der Waals surface area contributed by atoms with Gasteiger partial charge >= 0.3 is 5.97 Å². The van der Waals surface area contributed by atoms with E-state index >= 15 is 0 Å².